The van der Waals surface area contributed by atoms with Gasteiger partial charge in [-0.25, -0.2) is 4.98 Å². The molecular weight excluding hydrogens is 300 g/mol. The Kier molecular flexibility index (Phi) is 3.38. The zero-order valence-electron chi connectivity index (χ0n) is 10.1. The first-order valence-electron chi connectivity index (χ1n) is 5.51. The molecule has 1 fully saturated rings. The Bertz CT molecular complexity index is 512. The van der Waals surface area contributed by atoms with Crippen LogP contribution in [0.25, 0.3) is 0 Å². The number of amides is 1. The maximum absolute atomic E-state index is 12.1. The van der Waals surface area contributed by atoms with E-state index in [0.717, 1.165) is 10.0 Å². The number of nitrogens with zero attached hydrogens (tertiary/aromatic N) is 1. The van der Waals surface area contributed by atoms with Crippen molar-refractivity contribution < 1.29 is 14.3 Å². The van der Waals surface area contributed by atoms with Gasteiger partial charge in [0.05, 0.1) is 7.11 Å². The lowest BCUT2D eigenvalue weighted by Gasteiger charge is -2.13. The lowest BCUT2D eigenvalue weighted by atomic mass is 10.1. The number of aromatic nitrogens is 1. The Morgan fingerprint density at radius 1 is 1.50 bits per heavy atom. The minimum atomic E-state index is -1.00. The van der Waals surface area contributed by atoms with Crippen molar-refractivity contribution in [2.45, 2.75) is 19.8 Å². The molecule has 0 unspecified atom stereocenters. The van der Waals surface area contributed by atoms with Crippen molar-refractivity contribution in [1.29, 1.82) is 0 Å². The number of methoxy groups -OCH3 is 1. The second-order valence-corrected chi connectivity index (χ2v) is 5.26. The van der Waals surface area contributed by atoms with Crippen LogP contribution in [0.4, 0.5) is 5.82 Å². The molecule has 1 aromatic rings. The molecule has 1 amide bonds. The number of halogens is 1. The lowest BCUT2D eigenvalue weighted by Crippen LogP contribution is -2.32. The van der Waals surface area contributed by atoms with Crippen molar-refractivity contribution >= 4 is 33.6 Å². The number of ether oxygens (including phenoxy) is 1. The molecule has 0 radical (unpaired) electrons. The van der Waals surface area contributed by atoms with Crippen LogP contribution in [-0.2, 0) is 14.3 Å². The number of pyridine rings is 1. The van der Waals surface area contributed by atoms with Crippen LogP contribution in [0.15, 0.2) is 16.7 Å². The standard InChI is InChI=1S/C12H13BrN2O3/c1-7-5-8(13)6-14-9(7)15-10(16)12(3-4-12)11(17)18-2/h5-6H,3-4H2,1-2H3,(H,14,15,16). The Hall–Kier alpha value is -1.43. The van der Waals surface area contributed by atoms with Gasteiger partial charge in [-0.3, -0.25) is 9.59 Å². The molecule has 0 aromatic carbocycles. The van der Waals surface area contributed by atoms with E-state index in [1.54, 1.807) is 6.20 Å². The molecule has 1 aromatic heterocycles. The number of anilines is 1. The van der Waals surface area contributed by atoms with Crippen molar-refractivity contribution in [2.24, 2.45) is 5.41 Å². The number of aryl methyl sites for hydroxylation is 1. The number of hydrogen-bond donors (Lipinski definition) is 1. The van der Waals surface area contributed by atoms with Crippen LogP contribution in [-0.4, -0.2) is 24.0 Å². The Morgan fingerprint density at radius 3 is 2.67 bits per heavy atom. The number of carbonyl (C=O) groups is 2. The van der Waals surface area contributed by atoms with Gasteiger partial charge in [0.15, 0.2) is 0 Å². The molecule has 18 heavy (non-hydrogen) atoms. The van der Waals surface area contributed by atoms with E-state index < -0.39 is 11.4 Å². The zero-order valence-corrected chi connectivity index (χ0v) is 11.7. The predicted molar refractivity (Wildman–Crippen MR) is 69.0 cm³/mol. The second-order valence-electron chi connectivity index (χ2n) is 4.35. The van der Waals surface area contributed by atoms with Crippen LogP contribution in [0.2, 0.25) is 0 Å². The van der Waals surface area contributed by atoms with E-state index in [4.69, 9.17) is 0 Å². The van der Waals surface area contributed by atoms with E-state index in [9.17, 15) is 9.59 Å². The number of hydrogen-bond acceptors (Lipinski definition) is 4. The average molecular weight is 313 g/mol. The maximum Gasteiger partial charge on any atom is 0.321 e. The molecule has 1 saturated carbocycles. The summed E-state index contributed by atoms with van der Waals surface area (Å²) in [5.41, 5.74) is -0.172. The first-order chi connectivity index (χ1) is 8.49. The largest absolute Gasteiger partial charge is 0.468 e. The molecule has 96 valence electrons. The van der Waals surface area contributed by atoms with E-state index in [1.165, 1.54) is 7.11 Å². The minimum Gasteiger partial charge on any atom is -0.468 e. The highest BCUT2D eigenvalue weighted by molar-refractivity contribution is 9.10. The predicted octanol–water partition coefficient (Wildman–Crippen LogP) is 2.04. The van der Waals surface area contributed by atoms with Gasteiger partial charge in [-0.2, -0.15) is 0 Å². The monoisotopic (exact) mass is 312 g/mol. The fourth-order valence-electron chi connectivity index (χ4n) is 1.74. The van der Waals surface area contributed by atoms with Gasteiger partial charge in [0.1, 0.15) is 11.2 Å². The first kappa shape index (κ1) is 13.0. The first-order valence-corrected chi connectivity index (χ1v) is 6.31. The third kappa shape index (κ3) is 2.25. The van der Waals surface area contributed by atoms with E-state index in [2.05, 4.69) is 31.0 Å². The molecule has 1 N–H and O–H groups in total. The van der Waals surface area contributed by atoms with Crippen LogP contribution in [0, 0.1) is 12.3 Å². The van der Waals surface area contributed by atoms with Gasteiger partial charge < -0.3 is 10.1 Å². The Balaban J connectivity index is 2.15. The van der Waals surface area contributed by atoms with E-state index >= 15 is 0 Å². The van der Waals surface area contributed by atoms with Gasteiger partial charge >= 0.3 is 5.97 Å². The number of carbonyl (C=O) groups excluding carboxylic acids is 2. The fourth-order valence-corrected chi connectivity index (χ4v) is 2.19. The summed E-state index contributed by atoms with van der Waals surface area (Å²) in [5, 5.41) is 2.68. The SMILES string of the molecule is COC(=O)C1(C(=O)Nc2ncc(Br)cc2C)CC1. The summed E-state index contributed by atoms with van der Waals surface area (Å²) < 4.78 is 5.50. The molecule has 0 bridgehead atoms. The molecule has 0 saturated heterocycles. The summed E-state index contributed by atoms with van der Waals surface area (Å²) >= 11 is 3.30. The van der Waals surface area contributed by atoms with Gasteiger partial charge in [0, 0.05) is 10.7 Å². The van der Waals surface area contributed by atoms with Gasteiger partial charge in [0.2, 0.25) is 5.91 Å². The zero-order chi connectivity index (χ0) is 13.3. The van der Waals surface area contributed by atoms with Crippen LogP contribution in [0.1, 0.15) is 18.4 Å². The van der Waals surface area contributed by atoms with Gasteiger partial charge in [-0.1, -0.05) is 0 Å². The number of nitrogens with one attached hydrogen (secondary N) is 1. The highest BCUT2D eigenvalue weighted by atomic mass is 79.9. The topological polar surface area (TPSA) is 68.3 Å². The molecule has 5 nitrogen and oxygen atoms in total. The van der Waals surface area contributed by atoms with Crippen molar-refractivity contribution in [3.63, 3.8) is 0 Å². The van der Waals surface area contributed by atoms with Crippen LogP contribution in [0.5, 0.6) is 0 Å². The molecular formula is C12H13BrN2O3. The lowest BCUT2D eigenvalue weighted by molar-refractivity contribution is -0.150. The normalized spacial score (nSPS) is 15.9. The van der Waals surface area contributed by atoms with Crippen molar-refractivity contribution in [3.8, 4) is 0 Å². The minimum absolute atomic E-state index is 0.340. The molecule has 0 atom stereocenters. The van der Waals surface area contributed by atoms with Crippen molar-refractivity contribution in [2.75, 3.05) is 12.4 Å². The molecule has 1 aliphatic carbocycles. The number of esters is 1. The maximum atomic E-state index is 12.1. The van der Waals surface area contributed by atoms with Crippen LogP contribution < -0.4 is 5.32 Å². The summed E-state index contributed by atoms with van der Waals surface area (Å²) in [6.45, 7) is 1.84. The van der Waals surface area contributed by atoms with Crippen molar-refractivity contribution in [1.82, 2.24) is 4.98 Å². The molecule has 1 aliphatic rings. The quantitative estimate of drug-likeness (QED) is 0.685. The van der Waals surface area contributed by atoms with Gasteiger partial charge in [0.25, 0.3) is 0 Å². The van der Waals surface area contributed by atoms with Crippen LogP contribution >= 0.6 is 15.9 Å². The van der Waals surface area contributed by atoms with Gasteiger partial charge in [-0.15, -0.1) is 0 Å². The molecule has 0 spiro atoms. The highest BCUT2D eigenvalue weighted by Gasteiger charge is 2.58. The smallest absolute Gasteiger partial charge is 0.321 e. The second kappa shape index (κ2) is 4.68. The molecule has 1 heterocycles. The van der Waals surface area contributed by atoms with Crippen LogP contribution in [0.3, 0.4) is 0 Å². The molecule has 0 aliphatic heterocycles. The Labute approximate surface area is 113 Å². The van der Waals surface area contributed by atoms with Gasteiger partial charge in [-0.05, 0) is 47.3 Å². The summed E-state index contributed by atoms with van der Waals surface area (Å²) in [4.78, 5) is 27.7. The van der Waals surface area contributed by atoms with E-state index in [-0.39, 0.29) is 5.91 Å². The summed E-state index contributed by atoms with van der Waals surface area (Å²) in [5.74, 6) is -0.347. The Morgan fingerprint density at radius 2 is 2.17 bits per heavy atom. The third-order valence-corrected chi connectivity index (χ3v) is 3.47. The highest BCUT2D eigenvalue weighted by Crippen LogP contribution is 2.47. The number of rotatable bonds is 3. The third-order valence-electron chi connectivity index (χ3n) is 3.04. The average Bonchev–Trinajstić information content (AvgIpc) is 3.13. The summed E-state index contributed by atoms with van der Waals surface area (Å²) in [6.07, 6.45) is 2.66. The molecule has 6 heteroatoms. The summed E-state index contributed by atoms with van der Waals surface area (Å²) in [7, 11) is 1.29. The summed E-state index contributed by atoms with van der Waals surface area (Å²) in [6, 6.07) is 1.85. The fraction of sp³-hybridized carbons (Fsp3) is 0.417. The van der Waals surface area contributed by atoms with E-state index in [0.29, 0.717) is 18.7 Å². The van der Waals surface area contributed by atoms with Crippen molar-refractivity contribution in [3.05, 3.63) is 22.3 Å². The van der Waals surface area contributed by atoms with E-state index in [1.807, 2.05) is 13.0 Å². The molecule has 2 rings (SSSR count).